The Kier molecular flexibility index (Phi) is 3.21. The molecule has 2 heteroatoms. The van der Waals surface area contributed by atoms with E-state index in [1.165, 1.54) is 0 Å². The third-order valence-electron chi connectivity index (χ3n) is 5.12. The van der Waals surface area contributed by atoms with Gasteiger partial charge in [0.25, 0.3) is 0 Å². The first-order valence-electron chi connectivity index (χ1n) is 6.60. The Bertz CT molecular complexity index is 466. The van der Waals surface area contributed by atoms with Crippen LogP contribution in [0.2, 0.25) is 0 Å². The standard InChI is InChI=1S/C16H22N2/c1-15(2)14(16(15,3)4)11-18-10-13-8-6-5-7-12(13)9-17/h5-8,14,18H,10-11H2,1-4H3. The Morgan fingerprint density at radius 3 is 2.33 bits per heavy atom. The minimum Gasteiger partial charge on any atom is -0.312 e. The number of nitriles is 1. The number of hydrogen-bond donors (Lipinski definition) is 1. The second-order valence-corrected chi connectivity index (χ2v) is 6.40. The van der Waals surface area contributed by atoms with Crippen LogP contribution >= 0.6 is 0 Å². The van der Waals surface area contributed by atoms with Crippen LogP contribution in [0.5, 0.6) is 0 Å². The number of rotatable bonds is 4. The van der Waals surface area contributed by atoms with Gasteiger partial charge in [-0.3, -0.25) is 0 Å². The maximum atomic E-state index is 9.03. The second-order valence-electron chi connectivity index (χ2n) is 6.40. The van der Waals surface area contributed by atoms with Gasteiger partial charge >= 0.3 is 0 Å². The Morgan fingerprint density at radius 1 is 1.17 bits per heavy atom. The van der Waals surface area contributed by atoms with Crippen LogP contribution in [0.25, 0.3) is 0 Å². The molecule has 0 unspecified atom stereocenters. The largest absolute Gasteiger partial charge is 0.312 e. The zero-order chi connectivity index (χ0) is 13.4. The maximum Gasteiger partial charge on any atom is 0.0995 e. The fourth-order valence-electron chi connectivity index (χ4n) is 2.98. The molecule has 0 aromatic heterocycles. The monoisotopic (exact) mass is 242 g/mol. The summed E-state index contributed by atoms with van der Waals surface area (Å²) in [4.78, 5) is 0. The predicted molar refractivity (Wildman–Crippen MR) is 73.9 cm³/mol. The lowest BCUT2D eigenvalue weighted by molar-refractivity contribution is 0.457. The molecule has 1 aromatic rings. The highest BCUT2D eigenvalue weighted by Gasteiger charge is 2.63. The molecule has 1 fully saturated rings. The number of nitrogens with zero attached hydrogens (tertiary/aromatic N) is 1. The Morgan fingerprint density at radius 2 is 1.78 bits per heavy atom. The van der Waals surface area contributed by atoms with Crippen molar-refractivity contribution >= 4 is 0 Å². The molecule has 1 N–H and O–H groups in total. The first-order chi connectivity index (χ1) is 8.41. The maximum absolute atomic E-state index is 9.03. The van der Waals surface area contributed by atoms with Crippen LogP contribution in [0.3, 0.4) is 0 Å². The van der Waals surface area contributed by atoms with Gasteiger partial charge in [0.05, 0.1) is 11.6 Å². The molecular formula is C16H22N2. The first-order valence-corrected chi connectivity index (χ1v) is 6.60. The van der Waals surface area contributed by atoms with Crippen LogP contribution in [0.4, 0.5) is 0 Å². The van der Waals surface area contributed by atoms with Gasteiger partial charge in [0, 0.05) is 6.54 Å². The summed E-state index contributed by atoms with van der Waals surface area (Å²) in [6, 6.07) is 10.0. The summed E-state index contributed by atoms with van der Waals surface area (Å²) in [5.41, 5.74) is 2.72. The molecule has 0 radical (unpaired) electrons. The minimum absolute atomic E-state index is 0.425. The molecule has 2 rings (SSSR count). The molecule has 0 heterocycles. The van der Waals surface area contributed by atoms with Gasteiger partial charge in [0.2, 0.25) is 0 Å². The van der Waals surface area contributed by atoms with Crippen molar-refractivity contribution in [2.45, 2.75) is 34.2 Å². The van der Waals surface area contributed by atoms with E-state index in [9.17, 15) is 0 Å². The van der Waals surface area contributed by atoms with Crippen molar-refractivity contribution in [1.82, 2.24) is 5.32 Å². The highest BCUT2D eigenvalue weighted by Crippen LogP contribution is 2.67. The van der Waals surface area contributed by atoms with E-state index in [2.05, 4.69) is 39.1 Å². The zero-order valence-corrected chi connectivity index (χ0v) is 11.7. The Labute approximate surface area is 110 Å². The third-order valence-corrected chi connectivity index (χ3v) is 5.12. The van der Waals surface area contributed by atoms with Crippen molar-refractivity contribution in [3.05, 3.63) is 35.4 Å². The van der Waals surface area contributed by atoms with Crippen molar-refractivity contribution in [2.24, 2.45) is 16.7 Å². The Hall–Kier alpha value is -1.33. The summed E-state index contributed by atoms with van der Waals surface area (Å²) in [6.07, 6.45) is 0. The van der Waals surface area contributed by atoms with Crippen LogP contribution < -0.4 is 5.32 Å². The van der Waals surface area contributed by atoms with Gasteiger partial charge in [-0.2, -0.15) is 5.26 Å². The second kappa shape index (κ2) is 4.40. The number of nitrogens with one attached hydrogen (secondary N) is 1. The topological polar surface area (TPSA) is 35.8 Å². The van der Waals surface area contributed by atoms with E-state index in [1.807, 2.05) is 24.3 Å². The van der Waals surface area contributed by atoms with Crippen molar-refractivity contribution in [3.63, 3.8) is 0 Å². The Balaban J connectivity index is 1.89. The molecule has 1 aliphatic carbocycles. The van der Waals surface area contributed by atoms with E-state index < -0.39 is 0 Å². The fraction of sp³-hybridized carbons (Fsp3) is 0.562. The van der Waals surface area contributed by atoms with E-state index in [0.29, 0.717) is 10.8 Å². The quantitative estimate of drug-likeness (QED) is 0.879. The van der Waals surface area contributed by atoms with Crippen LogP contribution in [-0.2, 0) is 6.54 Å². The lowest BCUT2D eigenvalue weighted by atomic mass is 10.0. The normalized spacial score (nSPS) is 20.4. The minimum atomic E-state index is 0.425. The van der Waals surface area contributed by atoms with Gasteiger partial charge in [-0.15, -0.1) is 0 Å². The molecule has 0 amide bonds. The van der Waals surface area contributed by atoms with Crippen molar-refractivity contribution < 1.29 is 0 Å². The highest BCUT2D eigenvalue weighted by atomic mass is 14.9. The molecule has 1 aromatic carbocycles. The average molecular weight is 242 g/mol. The molecule has 2 nitrogen and oxygen atoms in total. The summed E-state index contributed by atoms with van der Waals surface area (Å²) < 4.78 is 0. The molecule has 1 saturated carbocycles. The van der Waals surface area contributed by atoms with Gasteiger partial charge in [-0.25, -0.2) is 0 Å². The summed E-state index contributed by atoms with van der Waals surface area (Å²) >= 11 is 0. The summed E-state index contributed by atoms with van der Waals surface area (Å²) in [6.45, 7) is 11.2. The highest BCUT2D eigenvalue weighted by molar-refractivity contribution is 5.37. The molecule has 18 heavy (non-hydrogen) atoms. The first kappa shape index (κ1) is 13.1. The number of hydrogen-bond acceptors (Lipinski definition) is 2. The van der Waals surface area contributed by atoms with Gasteiger partial charge < -0.3 is 5.32 Å². The molecule has 0 aliphatic heterocycles. The zero-order valence-electron chi connectivity index (χ0n) is 11.7. The molecule has 0 saturated heterocycles. The summed E-state index contributed by atoms with van der Waals surface area (Å²) in [7, 11) is 0. The van der Waals surface area contributed by atoms with Crippen LogP contribution in [-0.4, -0.2) is 6.54 Å². The van der Waals surface area contributed by atoms with Crippen molar-refractivity contribution in [3.8, 4) is 6.07 Å². The van der Waals surface area contributed by atoms with Gasteiger partial charge in [0.1, 0.15) is 0 Å². The van der Waals surface area contributed by atoms with Gasteiger partial charge in [0.15, 0.2) is 0 Å². The molecule has 0 spiro atoms. The SMILES string of the molecule is CC1(C)C(CNCc2ccccc2C#N)C1(C)C. The lowest BCUT2D eigenvalue weighted by Gasteiger charge is -2.07. The fourth-order valence-corrected chi connectivity index (χ4v) is 2.98. The summed E-state index contributed by atoms with van der Waals surface area (Å²) in [5, 5.41) is 12.5. The van der Waals surface area contributed by atoms with E-state index in [0.717, 1.165) is 30.1 Å². The van der Waals surface area contributed by atoms with Crippen LogP contribution in [0.1, 0.15) is 38.8 Å². The number of benzene rings is 1. The van der Waals surface area contributed by atoms with E-state index in [4.69, 9.17) is 5.26 Å². The van der Waals surface area contributed by atoms with Crippen molar-refractivity contribution in [2.75, 3.05) is 6.54 Å². The van der Waals surface area contributed by atoms with E-state index in [1.54, 1.807) is 0 Å². The average Bonchev–Trinajstić information content (AvgIpc) is 2.72. The van der Waals surface area contributed by atoms with Gasteiger partial charge in [-0.05, 0) is 34.9 Å². The van der Waals surface area contributed by atoms with Gasteiger partial charge in [-0.1, -0.05) is 45.9 Å². The van der Waals surface area contributed by atoms with E-state index >= 15 is 0 Å². The van der Waals surface area contributed by atoms with Crippen molar-refractivity contribution in [1.29, 1.82) is 5.26 Å². The summed E-state index contributed by atoms with van der Waals surface area (Å²) in [5.74, 6) is 0.722. The molecule has 0 atom stereocenters. The molecule has 1 aliphatic rings. The lowest BCUT2D eigenvalue weighted by Crippen LogP contribution is -2.19. The third kappa shape index (κ3) is 2.04. The molecule has 96 valence electrons. The molecular weight excluding hydrogens is 220 g/mol. The predicted octanol–water partition coefficient (Wildman–Crippen LogP) is 3.33. The smallest absolute Gasteiger partial charge is 0.0995 e. The molecule has 0 bridgehead atoms. The van der Waals surface area contributed by atoms with Crippen LogP contribution in [0.15, 0.2) is 24.3 Å². The van der Waals surface area contributed by atoms with E-state index in [-0.39, 0.29) is 0 Å². The van der Waals surface area contributed by atoms with Crippen LogP contribution in [0, 0.1) is 28.1 Å².